The van der Waals surface area contributed by atoms with Crippen LogP contribution >= 0.6 is 0 Å². The van der Waals surface area contributed by atoms with Crippen molar-refractivity contribution in [2.24, 2.45) is 0 Å². The third-order valence-corrected chi connectivity index (χ3v) is 5.08. The summed E-state index contributed by atoms with van der Waals surface area (Å²) in [6.45, 7) is 5.56. The van der Waals surface area contributed by atoms with Crippen LogP contribution in [0, 0.1) is 0 Å². The average molecular weight is 370 g/mol. The lowest BCUT2D eigenvalue weighted by Gasteiger charge is -2.27. The fraction of sp³-hybridized carbons (Fsp3) is 0.478. The van der Waals surface area contributed by atoms with Gasteiger partial charge in [0, 0.05) is 26.2 Å². The summed E-state index contributed by atoms with van der Waals surface area (Å²) in [5, 5.41) is 9.57. The smallest absolute Gasteiger partial charge is 0.115 e. The van der Waals surface area contributed by atoms with Crippen molar-refractivity contribution in [3.05, 3.63) is 65.7 Å². The van der Waals surface area contributed by atoms with E-state index in [1.165, 1.54) is 5.56 Å². The average Bonchev–Trinajstić information content (AvgIpc) is 2.72. The highest BCUT2D eigenvalue weighted by molar-refractivity contribution is 5.27. The van der Waals surface area contributed by atoms with Crippen LogP contribution < -0.4 is 0 Å². The highest BCUT2D eigenvalue weighted by Gasteiger charge is 2.14. The van der Waals surface area contributed by atoms with Crippen molar-refractivity contribution >= 4 is 0 Å². The van der Waals surface area contributed by atoms with Gasteiger partial charge in [-0.2, -0.15) is 0 Å². The van der Waals surface area contributed by atoms with Crippen LogP contribution in [0.25, 0.3) is 0 Å². The van der Waals surface area contributed by atoms with Crippen LogP contribution in [0.1, 0.15) is 36.5 Å². The van der Waals surface area contributed by atoms with Gasteiger partial charge in [0.2, 0.25) is 0 Å². The number of ether oxygens (including phenoxy) is 2. The molecule has 0 aromatic heterocycles. The predicted octanol–water partition coefficient (Wildman–Crippen LogP) is 4.20. The molecule has 4 heteroatoms. The Morgan fingerprint density at radius 3 is 2.44 bits per heavy atom. The van der Waals surface area contributed by atoms with E-state index >= 15 is 0 Å². The van der Waals surface area contributed by atoms with E-state index in [0.717, 1.165) is 70.7 Å². The molecular formula is C23H31NO3. The van der Waals surface area contributed by atoms with Crippen LogP contribution in [-0.2, 0) is 15.9 Å². The molecule has 27 heavy (non-hydrogen) atoms. The molecular weight excluding hydrogens is 338 g/mol. The van der Waals surface area contributed by atoms with Gasteiger partial charge in [-0.15, -0.1) is 0 Å². The first kappa shape index (κ1) is 19.9. The SMILES string of the molecule is Oc1ccc(C(CCCc2ccccc2)OCCCN2CCOCC2)cc1. The summed E-state index contributed by atoms with van der Waals surface area (Å²) in [7, 11) is 0. The molecule has 1 aliphatic heterocycles. The molecule has 1 heterocycles. The Balaban J connectivity index is 1.47. The summed E-state index contributed by atoms with van der Waals surface area (Å²) in [6, 6.07) is 18.0. The maximum atomic E-state index is 9.57. The van der Waals surface area contributed by atoms with Gasteiger partial charge >= 0.3 is 0 Å². The van der Waals surface area contributed by atoms with Gasteiger partial charge in [0.05, 0.1) is 19.3 Å². The van der Waals surface area contributed by atoms with E-state index in [1.54, 1.807) is 12.1 Å². The number of morpholine rings is 1. The summed E-state index contributed by atoms with van der Waals surface area (Å²) >= 11 is 0. The van der Waals surface area contributed by atoms with E-state index in [0.29, 0.717) is 5.75 Å². The van der Waals surface area contributed by atoms with Crippen molar-refractivity contribution in [3.63, 3.8) is 0 Å². The molecule has 1 atom stereocenters. The van der Waals surface area contributed by atoms with Crippen molar-refractivity contribution in [2.45, 2.75) is 31.8 Å². The minimum Gasteiger partial charge on any atom is -0.508 e. The number of aromatic hydroxyl groups is 1. The Hall–Kier alpha value is -1.88. The van der Waals surface area contributed by atoms with Crippen LogP contribution in [0.15, 0.2) is 54.6 Å². The van der Waals surface area contributed by atoms with Gasteiger partial charge in [-0.3, -0.25) is 4.90 Å². The summed E-state index contributed by atoms with van der Waals surface area (Å²) in [6.07, 6.45) is 4.25. The van der Waals surface area contributed by atoms with E-state index in [1.807, 2.05) is 12.1 Å². The lowest BCUT2D eigenvalue weighted by molar-refractivity contribution is 0.0176. The van der Waals surface area contributed by atoms with Crippen LogP contribution in [0.4, 0.5) is 0 Å². The first-order valence-electron chi connectivity index (χ1n) is 10.1. The second-order valence-electron chi connectivity index (χ2n) is 7.14. The molecule has 2 aromatic carbocycles. The second-order valence-corrected chi connectivity index (χ2v) is 7.14. The number of hydrogen-bond acceptors (Lipinski definition) is 4. The van der Waals surface area contributed by atoms with Gasteiger partial charge in [0.25, 0.3) is 0 Å². The number of phenols is 1. The van der Waals surface area contributed by atoms with Gasteiger partial charge in [0.15, 0.2) is 0 Å². The normalized spacial score (nSPS) is 16.3. The minimum absolute atomic E-state index is 0.0824. The highest BCUT2D eigenvalue weighted by Crippen LogP contribution is 2.25. The predicted molar refractivity (Wildman–Crippen MR) is 108 cm³/mol. The number of benzene rings is 2. The lowest BCUT2D eigenvalue weighted by Crippen LogP contribution is -2.37. The minimum atomic E-state index is 0.0824. The molecule has 0 saturated carbocycles. The van der Waals surface area contributed by atoms with E-state index in [4.69, 9.17) is 9.47 Å². The summed E-state index contributed by atoms with van der Waals surface area (Å²) in [4.78, 5) is 2.44. The zero-order valence-electron chi connectivity index (χ0n) is 16.1. The van der Waals surface area contributed by atoms with E-state index < -0.39 is 0 Å². The van der Waals surface area contributed by atoms with Crippen molar-refractivity contribution in [2.75, 3.05) is 39.5 Å². The molecule has 1 aliphatic rings. The molecule has 0 aliphatic carbocycles. The fourth-order valence-electron chi connectivity index (χ4n) is 3.51. The zero-order chi connectivity index (χ0) is 18.7. The molecule has 4 nitrogen and oxygen atoms in total. The highest BCUT2D eigenvalue weighted by atomic mass is 16.5. The molecule has 3 rings (SSSR count). The first-order valence-corrected chi connectivity index (χ1v) is 10.1. The Bertz CT molecular complexity index is 638. The van der Waals surface area contributed by atoms with Gasteiger partial charge in [-0.25, -0.2) is 0 Å². The number of hydrogen-bond donors (Lipinski definition) is 1. The Morgan fingerprint density at radius 1 is 0.963 bits per heavy atom. The fourth-order valence-corrected chi connectivity index (χ4v) is 3.51. The zero-order valence-corrected chi connectivity index (χ0v) is 16.1. The van der Waals surface area contributed by atoms with Crippen molar-refractivity contribution in [1.29, 1.82) is 0 Å². The summed E-state index contributed by atoms with van der Waals surface area (Å²) < 4.78 is 11.7. The van der Waals surface area contributed by atoms with E-state index in [2.05, 4.69) is 35.2 Å². The van der Waals surface area contributed by atoms with Gasteiger partial charge in [0.1, 0.15) is 5.75 Å². The largest absolute Gasteiger partial charge is 0.508 e. The monoisotopic (exact) mass is 369 g/mol. The molecule has 0 radical (unpaired) electrons. The molecule has 0 spiro atoms. The molecule has 146 valence electrons. The number of rotatable bonds is 10. The van der Waals surface area contributed by atoms with Gasteiger partial charge < -0.3 is 14.6 Å². The molecule has 0 bridgehead atoms. The quantitative estimate of drug-likeness (QED) is 0.638. The summed E-state index contributed by atoms with van der Waals surface area (Å²) in [5.74, 6) is 0.300. The maximum absolute atomic E-state index is 9.57. The van der Waals surface area contributed by atoms with Gasteiger partial charge in [-0.05, 0) is 48.9 Å². The Morgan fingerprint density at radius 2 is 1.70 bits per heavy atom. The van der Waals surface area contributed by atoms with Crippen LogP contribution in [0.3, 0.4) is 0 Å². The third kappa shape index (κ3) is 6.98. The first-order chi connectivity index (χ1) is 13.3. The molecule has 1 unspecified atom stereocenters. The van der Waals surface area contributed by atoms with Gasteiger partial charge in [-0.1, -0.05) is 42.5 Å². The van der Waals surface area contributed by atoms with E-state index in [-0.39, 0.29) is 6.10 Å². The molecule has 1 saturated heterocycles. The standard InChI is InChI=1S/C23H31NO3/c25-22-12-10-21(11-13-22)23(9-4-8-20-6-2-1-3-7-20)27-17-5-14-24-15-18-26-19-16-24/h1-3,6-7,10-13,23,25H,4-5,8-9,14-19H2. The lowest BCUT2D eigenvalue weighted by atomic mass is 10.0. The topological polar surface area (TPSA) is 41.9 Å². The van der Waals surface area contributed by atoms with Crippen molar-refractivity contribution < 1.29 is 14.6 Å². The molecule has 2 aromatic rings. The number of aryl methyl sites for hydroxylation is 1. The Labute approximate surface area is 162 Å². The molecule has 1 N–H and O–H groups in total. The second kappa shape index (κ2) is 11.1. The maximum Gasteiger partial charge on any atom is 0.115 e. The third-order valence-electron chi connectivity index (χ3n) is 5.08. The van der Waals surface area contributed by atoms with Crippen LogP contribution in [0.2, 0.25) is 0 Å². The molecule has 0 amide bonds. The molecule has 1 fully saturated rings. The number of nitrogens with zero attached hydrogens (tertiary/aromatic N) is 1. The summed E-state index contributed by atoms with van der Waals surface area (Å²) in [5.41, 5.74) is 2.52. The Kier molecular flexibility index (Phi) is 8.15. The van der Waals surface area contributed by atoms with Crippen LogP contribution in [-0.4, -0.2) is 49.5 Å². The van der Waals surface area contributed by atoms with Crippen molar-refractivity contribution in [3.8, 4) is 5.75 Å². The van der Waals surface area contributed by atoms with E-state index in [9.17, 15) is 5.11 Å². The van der Waals surface area contributed by atoms with Crippen LogP contribution in [0.5, 0.6) is 5.75 Å². The number of phenolic OH excluding ortho intramolecular Hbond substituents is 1. The van der Waals surface area contributed by atoms with Crippen molar-refractivity contribution in [1.82, 2.24) is 4.90 Å².